The van der Waals surface area contributed by atoms with Crippen molar-refractivity contribution in [1.82, 2.24) is 5.32 Å². The summed E-state index contributed by atoms with van der Waals surface area (Å²) in [6.07, 6.45) is 2.37. The summed E-state index contributed by atoms with van der Waals surface area (Å²) in [7, 11) is 3.50. The van der Waals surface area contributed by atoms with Crippen molar-refractivity contribution in [1.29, 1.82) is 0 Å². The van der Waals surface area contributed by atoms with Crippen molar-refractivity contribution in [3.05, 3.63) is 29.8 Å². The number of rotatable bonds is 8. The van der Waals surface area contributed by atoms with Gasteiger partial charge in [-0.25, -0.2) is 0 Å². The molecule has 0 spiro atoms. The van der Waals surface area contributed by atoms with Gasteiger partial charge in [0.1, 0.15) is 5.75 Å². The standard InChI is InChI=1S/C18H31NO2/c1-14(20-5)10-16(13-19-18(2,3)4)11-15-8-7-9-17(12-15)21-6/h7-9,12,14,16,19H,10-11,13H2,1-6H3. The summed E-state index contributed by atoms with van der Waals surface area (Å²) in [4.78, 5) is 0. The van der Waals surface area contributed by atoms with E-state index in [1.54, 1.807) is 14.2 Å². The lowest BCUT2D eigenvalue weighted by molar-refractivity contribution is 0.0934. The lowest BCUT2D eigenvalue weighted by Gasteiger charge is -2.27. The van der Waals surface area contributed by atoms with Gasteiger partial charge in [0, 0.05) is 12.6 Å². The molecule has 0 aliphatic carbocycles. The molecule has 1 aromatic carbocycles. The Kier molecular flexibility index (Phi) is 7.20. The first-order valence-corrected chi connectivity index (χ1v) is 7.75. The summed E-state index contributed by atoms with van der Waals surface area (Å²) in [6.45, 7) is 9.74. The van der Waals surface area contributed by atoms with Crippen LogP contribution in [0.3, 0.4) is 0 Å². The third-order valence-corrected chi connectivity index (χ3v) is 3.65. The van der Waals surface area contributed by atoms with Crippen molar-refractivity contribution in [3.8, 4) is 5.75 Å². The molecule has 3 heteroatoms. The fourth-order valence-corrected chi connectivity index (χ4v) is 2.39. The van der Waals surface area contributed by atoms with Gasteiger partial charge in [0.25, 0.3) is 0 Å². The highest BCUT2D eigenvalue weighted by molar-refractivity contribution is 5.28. The molecule has 0 aromatic heterocycles. The molecule has 0 radical (unpaired) electrons. The van der Waals surface area contributed by atoms with Crippen molar-refractivity contribution in [2.45, 2.75) is 52.2 Å². The molecular weight excluding hydrogens is 262 g/mol. The van der Waals surface area contributed by atoms with Gasteiger partial charge in [0.15, 0.2) is 0 Å². The van der Waals surface area contributed by atoms with Crippen LogP contribution in [0.2, 0.25) is 0 Å². The van der Waals surface area contributed by atoms with Gasteiger partial charge in [0.05, 0.1) is 13.2 Å². The number of hydrogen-bond acceptors (Lipinski definition) is 3. The second kappa shape index (κ2) is 8.40. The number of ether oxygens (including phenoxy) is 2. The molecule has 2 atom stereocenters. The summed E-state index contributed by atoms with van der Waals surface area (Å²) >= 11 is 0. The molecule has 0 saturated carbocycles. The normalized spacial score (nSPS) is 14.8. The lowest BCUT2D eigenvalue weighted by Crippen LogP contribution is -2.40. The number of methoxy groups -OCH3 is 2. The van der Waals surface area contributed by atoms with E-state index in [1.165, 1.54) is 5.56 Å². The topological polar surface area (TPSA) is 30.5 Å². The molecule has 0 aliphatic heterocycles. The molecule has 0 heterocycles. The minimum atomic E-state index is 0.142. The molecule has 0 saturated heterocycles. The highest BCUT2D eigenvalue weighted by atomic mass is 16.5. The van der Waals surface area contributed by atoms with Crippen LogP contribution in [-0.2, 0) is 11.2 Å². The van der Waals surface area contributed by atoms with E-state index in [9.17, 15) is 0 Å². The molecule has 0 amide bonds. The zero-order chi connectivity index (χ0) is 15.9. The Labute approximate surface area is 130 Å². The van der Waals surface area contributed by atoms with Crippen molar-refractivity contribution >= 4 is 0 Å². The minimum Gasteiger partial charge on any atom is -0.497 e. The fourth-order valence-electron chi connectivity index (χ4n) is 2.39. The van der Waals surface area contributed by atoms with Crippen LogP contribution in [0.5, 0.6) is 5.75 Å². The van der Waals surface area contributed by atoms with Crippen molar-refractivity contribution in [2.24, 2.45) is 5.92 Å². The maximum absolute atomic E-state index is 5.44. The number of benzene rings is 1. The molecule has 3 nitrogen and oxygen atoms in total. The Balaban J connectivity index is 2.70. The summed E-state index contributed by atoms with van der Waals surface area (Å²) in [5.74, 6) is 1.47. The predicted molar refractivity (Wildman–Crippen MR) is 89.0 cm³/mol. The summed E-state index contributed by atoms with van der Waals surface area (Å²) in [6, 6.07) is 8.34. The Hall–Kier alpha value is -1.06. The van der Waals surface area contributed by atoms with Gasteiger partial charge in [-0.15, -0.1) is 0 Å². The number of hydrogen-bond donors (Lipinski definition) is 1. The van der Waals surface area contributed by atoms with Crippen LogP contribution in [0.15, 0.2) is 24.3 Å². The van der Waals surface area contributed by atoms with E-state index >= 15 is 0 Å². The first kappa shape index (κ1) is 18.0. The minimum absolute atomic E-state index is 0.142. The highest BCUT2D eigenvalue weighted by Crippen LogP contribution is 2.19. The average Bonchev–Trinajstić information content (AvgIpc) is 2.44. The molecule has 1 N–H and O–H groups in total. The van der Waals surface area contributed by atoms with E-state index in [2.05, 4.69) is 51.2 Å². The van der Waals surface area contributed by atoms with E-state index in [-0.39, 0.29) is 11.6 Å². The van der Waals surface area contributed by atoms with Gasteiger partial charge < -0.3 is 14.8 Å². The van der Waals surface area contributed by atoms with Gasteiger partial charge in [-0.05, 0) is 70.7 Å². The van der Waals surface area contributed by atoms with Crippen LogP contribution in [0, 0.1) is 5.92 Å². The second-order valence-electron chi connectivity index (χ2n) is 6.83. The van der Waals surface area contributed by atoms with E-state index in [1.807, 2.05) is 6.07 Å². The molecule has 0 aliphatic rings. The van der Waals surface area contributed by atoms with Crippen LogP contribution in [0.1, 0.15) is 39.7 Å². The van der Waals surface area contributed by atoms with Crippen molar-refractivity contribution in [2.75, 3.05) is 20.8 Å². The highest BCUT2D eigenvalue weighted by Gasteiger charge is 2.17. The Morgan fingerprint density at radius 1 is 1.19 bits per heavy atom. The molecule has 0 bridgehead atoms. The van der Waals surface area contributed by atoms with Crippen LogP contribution in [0.4, 0.5) is 0 Å². The molecule has 1 aromatic rings. The van der Waals surface area contributed by atoms with Gasteiger partial charge >= 0.3 is 0 Å². The SMILES string of the molecule is COc1cccc(CC(CNC(C)(C)C)CC(C)OC)c1. The van der Waals surface area contributed by atoms with Crippen LogP contribution in [0.25, 0.3) is 0 Å². The van der Waals surface area contributed by atoms with E-state index in [0.29, 0.717) is 5.92 Å². The maximum Gasteiger partial charge on any atom is 0.119 e. The molecule has 21 heavy (non-hydrogen) atoms. The van der Waals surface area contributed by atoms with Gasteiger partial charge in [-0.3, -0.25) is 0 Å². The smallest absolute Gasteiger partial charge is 0.119 e. The van der Waals surface area contributed by atoms with Crippen molar-refractivity contribution < 1.29 is 9.47 Å². The summed E-state index contributed by atoms with van der Waals surface area (Å²) in [5, 5.41) is 3.61. The van der Waals surface area contributed by atoms with E-state index < -0.39 is 0 Å². The first-order chi connectivity index (χ1) is 9.84. The van der Waals surface area contributed by atoms with Crippen LogP contribution < -0.4 is 10.1 Å². The predicted octanol–water partition coefficient (Wildman–Crippen LogP) is 3.67. The largest absolute Gasteiger partial charge is 0.497 e. The molecule has 120 valence electrons. The molecular formula is C18H31NO2. The van der Waals surface area contributed by atoms with E-state index in [4.69, 9.17) is 9.47 Å². The van der Waals surface area contributed by atoms with Crippen LogP contribution >= 0.6 is 0 Å². The lowest BCUT2D eigenvalue weighted by atomic mass is 9.92. The summed E-state index contributed by atoms with van der Waals surface area (Å²) < 4.78 is 10.8. The zero-order valence-corrected chi connectivity index (χ0v) is 14.4. The van der Waals surface area contributed by atoms with Gasteiger partial charge in [-0.2, -0.15) is 0 Å². The fraction of sp³-hybridized carbons (Fsp3) is 0.667. The molecule has 2 unspecified atom stereocenters. The quantitative estimate of drug-likeness (QED) is 0.793. The first-order valence-electron chi connectivity index (χ1n) is 7.75. The Morgan fingerprint density at radius 3 is 2.48 bits per heavy atom. The third kappa shape index (κ3) is 7.49. The number of nitrogens with one attached hydrogen (secondary N) is 1. The molecule has 1 rings (SSSR count). The monoisotopic (exact) mass is 293 g/mol. The molecule has 0 fully saturated rings. The zero-order valence-electron chi connectivity index (χ0n) is 14.4. The summed E-state index contributed by atoms with van der Waals surface area (Å²) in [5.41, 5.74) is 1.46. The van der Waals surface area contributed by atoms with Crippen molar-refractivity contribution in [3.63, 3.8) is 0 Å². The van der Waals surface area contributed by atoms with E-state index in [0.717, 1.165) is 25.1 Å². The Morgan fingerprint density at radius 2 is 1.90 bits per heavy atom. The second-order valence-corrected chi connectivity index (χ2v) is 6.83. The Bertz CT molecular complexity index is 412. The van der Waals surface area contributed by atoms with Gasteiger partial charge in [0.2, 0.25) is 0 Å². The average molecular weight is 293 g/mol. The maximum atomic E-state index is 5.44. The third-order valence-electron chi connectivity index (χ3n) is 3.65. The van der Waals surface area contributed by atoms with Gasteiger partial charge in [-0.1, -0.05) is 12.1 Å². The van der Waals surface area contributed by atoms with Crippen LogP contribution in [-0.4, -0.2) is 32.4 Å².